The third-order valence-electron chi connectivity index (χ3n) is 5.06. The third-order valence-corrected chi connectivity index (χ3v) is 5.94. The topological polar surface area (TPSA) is 55.8 Å². The van der Waals surface area contributed by atoms with Gasteiger partial charge in [-0.1, -0.05) is 38.3 Å². The van der Waals surface area contributed by atoms with E-state index in [0.717, 1.165) is 25.4 Å². The molecule has 4 nitrogen and oxygen atoms in total. The fourth-order valence-corrected chi connectivity index (χ4v) is 4.38. The molecule has 0 aliphatic carbocycles. The van der Waals surface area contributed by atoms with Gasteiger partial charge in [-0.05, 0) is 31.6 Å². The Bertz CT molecular complexity index is 399. The van der Waals surface area contributed by atoms with Crippen molar-refractivity contribution < 1.29 is 19.4 Å². The highest BCUT2D eigenvalue weighted by Crippen LogP contribution is 2.45. The van der Waals surface area contributed by atoms with Gasteiger partial charge in [0.1, 0.15) is 0 Å². The van der Waals surface area contributed by atoms with Crippen LogP contribution in [-0.4, -0.2) is 48.0 Å². The van der Waals surface area contributed by atoms with E-state index >= 15 is 0 Å². The average Bonchev–Trinajstić information content (AvgIpc) is 3.15. The third kappa shape index (κ3) is 6.41. The van der Waals surface area contributed by atoms with Crippen LogP contribution < -0.4 is 0 Å². The first-order valence-electron chi connectivity index (χ1n) is 9.40. The maximum Gasteiger partial charge on any atom is 0.313 e. The van der Waals surface area contributed by atoms with Crippen molar-refractivity contribution in [3.05, 3.63) is 12.2 Å². The van der Waals surface area contributed by atoms with Crippen LogP contribution in [0.15, 0.2) is 12.2 Å². The fraction of sp³-hybridized carbons (Fsp3) is 0.842. The molecule has 0 radical (unpaired) electrons. The fourth-order valence-electron chi connectivity index (χ4n) is 3.81. The van der Waals surface area contributed by atoms with E-state index in [1.54, 1.807) is 0 Å². The number of allylic oxidation sites excluding steroid dienone is 1. The lowest BCUT2D eigenvalue weighted by Gasteiger charge is -2.27. The van der Waals surface area contributed by atoms with E-state index in [-0.39, 0.29) is 5.75 Å². The molecule has 0 aromatic heterocycles. The van der Waals surface area contributed by atoms with Crippen molar-refractivity contribution in [2.24, 2.45) is 11.8 Å². The van der Waals surface area contributed by atoms with E-state index in [9.17, 15) is 4.79 Å². The molecule has 4 atom stereocenters. The Morgan fingerprint density at radius 2 is 2.00 bits per heavy atom. The molecule has 2 fully saturated rings. The van der Waals surface area contributed by atoms with Crippen molar-refractivity contribution in [2.45, 2.75) is 64.1 Å². The molecule has 5 heteroatoms. The summed E-state index contributed by atoms with van der Waals surface area (Å²) in [6.45, 7) is 3.94. The van der Waals surface area contributed by atoms with Gasteiger partial charge < -0.3 is 14.6 Å². The van der Waals surface area contributed by atoms with E-state index in [1.807, 2.05) is 0 Å². The maximum atomic E-state index is 10.5. The first-order chi connectivity index (χ1) is 11.7. The summed E-state index contributed by atoms with van der Waals surface area (Å²) in [6.07, 6.45) is 13.5. The van der Waals surface area contributed by atoms with Crippen molar-refractivity contribution in [3.8, 4) is 0 Å². The van der Waals surface area contributed by atoms with Gasteiger partial charge in [-0.25, -0.2) is 0 Å². The van der Waals surface area contributed by atoms with Crippen LogP contribution in [-0.2, 0) is 14.3 Å². The highest BCUT2D eigenvalue weighted by atomic mass is 32.2. The second-order valence-electron chi connectivity index (χ2n) is 6.87. The van der Waals surface area contributed by atoms with Gasteiger partial charge in [-0.3, -0.25) is 4.79 Å². The Kier molecular flexibility index (Phi) is 9.21. The van der Waals surface area contributed by atoms with Crippen LogP contribution >= 0.6 is 11.8 Å². The predicted molar refractivity (Wildman–Crippen MR) is 98.6 cm³/mol. The molecule has 1 N–H and O–H groups in total. The molecule has 2 bridgehead atoms. The van der Waals surface area contributed by atoms with Crippen LogP contribution in [0.25, 0.3) is 0 Å². The Balaban J connectivity index is 1.65. The number of hydrogen-bond acceptors (Lipinski definition) is 4. The van der Waals surface area contributed by atoms with Crippen molar-refractivity contribution in [1.29, 1.82) is 0 Å². The number of fused-ring (bicyclic) bond motifs is 2. The maximum absolute atomic E-state index is 10.5. The molecule has 0 saturated carbocycles. The predicted octanol–water partition coefficient (Wildman–Crippen LogP) is 4.14. The normalized spacial score (nSPS) is 28.9. The van der Waals surface area contributed by atoms with Gasteiger partial charge in [0.15, 0.2) is 0 Å². The molecule has 0 amide bonds. The van der Waals surface area contributed by atoms with E-state index < -0.39 is 5.97 Å². The van der Waals surface area contributed by atoms with Gasteiger partial charge in [0.25, 0.3) is 0 Å². The van der Waals surface area contributed by atoms with Gasteiger partial charge >= 0.3 is 5.97 Å². The minimum absolute atomic E-state index is 0.177. The molecule has 138 valence electrons. The number of hydrogen-bond donors (Lipinski definition) is 1. The zero-order valence-electron chi connectivity index (χ0n) is 14.8. The molecule has 0 aromatic rings. The Hall–Kier alpha value is -0.520. The van der Waals surface area contributed by atoms with Crippen LogP contribution in [0.4, 0.5) is 0 Å². The lowest BCUT2D eigenvalue weighted by atomic mass is 9.78. The molecule has 2 aliphatic rings. The van der Waals surface area contributed by atoms with Crippen molar-refractivity contribution in [2.75, 3.05) is 24.7 Å². The number of thioether (sulfide) groups is 1. The summed E-state index contributed by atoms with van der Waals surface area (Å²) in [4.78, 5) is 10.5. The minimum Gasteiger partial charge on any atom is -0.481 e. The van der Waals surface area contributed by atoms with Crippen LogP contribution in [0.2, 0.25) is 0 Å². The van der Waals surface area contributed by atoms with Gasteiger partial charge in [0, 0.05) is 18.3 Å². The summed E-state index contributed by atoms with van der Waals surface area (Å²) in [7, 11) is 0. The first kappa shape index (κ1) is 19.8. The lowest BCUT2D eigenvalue weighted by Crippen LogP contribution is -2.30. The second-order valence-corrected chi connectivity index (χ2v) is 7.90. The van der Waals surface area contributed by atoms with Crippen LogP contribution in [0.3, 0.4) is 0 Å². The van der Waals surface area contributed by atoms with Crippen molar-refractivity contribution in [1.82, 2.24) is 0 Å². The number of unbranched alkanes of at least 4 members (excludes halogenated alkanes) is 3. The summed E-state index contributed by atoms with van der Waals surface area (Å²) in [6, 6.07) is 0. The second kappa shape index (κ2) is 11.2. The smallest absolute Gasteiger partial charge is 0.313 e. The zero-order chi connectivity index (χ0) is 17.2. The highest BCUT2D eigenvalue weighted by molar-refractivity contribution is 8.00. The van der Waals surface area contributed by atoms with Gasteiger partial charge in [0.05, 0.1) is 24.6 Å². The summed E-state index contributed by atoms with van der Waals surface area (Å²) in [5, 5.41) is 8.62. The van der Waals surface area contributed by atoms with E-state index in [0.29, 0.717) is 24.0 Å². The van der Waals surface area contributed by atoms with Crippen LogP contribution in [0, 0.1) is 11.8 Å². The standard InChI is InChI=1S/C19H32O4S/c1-2-3-4-6-11-22-13-16-15(17-9-10-18(16)23-17)8-5-7-12-24-14-19(20)21/h5,7,15-18H,2-4,6,8-14H2,1H3,(H,20,21)/b7-5-/t15-,16+,17-,18+/m0/s1. The quantitative estimate of drug-likeness (QED) is 0.397. The van der Waals surface area contributed by atoms with Gasteiger partial charge in [0.2, 0.25) is 0 Å². The molecule has 0 unspecified atom stereocenters. The SMILES string of the molecule is CCCCCCOC[C@@H]1[C@H](C/C=C\CSCC(=O)O)[C@@H]2CC[C@H]1O2. The molecule has 2 saturated heterocycles. The number of carboxylic acid groups (broad SMARTS) is 1. The van der Waals surface area contributed by atoms with Crippen LogP contribution in [0.1, 0.15) is 51.9 Å². The van der Waals surface area contributed by atoms with Crippen molar-refractivity contribution in [3.63, 3.8) is 0 Å². The molecular formula is C19H32O4S. The average molecular weight is 357 g/mol. The Morgan fingerprint density at radius 3 is 2.75 bits per heavy atom. The molecule has 0 spiro atoms. The first-order valence-corrected chi connectivity index (χ1v) is 10.6. The number of aliphatic carboxylic acids is 1. The van der Waals surface area contributed by atoms with Crippen LogP contribution in [0.5, 0.6) is 0 Å². The number of carbonyl (C=O) groups is 1. The monoisotopic (exact) mass is 356 g/mol. The minimum atomic E-state index is -0.744. The van der Waals surface area contributed by atoms with Crippen molar-refractivity contribution >= 4 is 17.7 Å². The summed E-state index contributed by atoms with van der Waals surface area (Å²) in [5.41, 5.74) is 0. The molecule has 2 heterocycles. The van der Waals surface area contributed by atoms with Gasteiger partial charge in [-0.15, -0.1) is 11.8 Å². The van der Waals surface area contributed by atoms with Gasteiger partial charge in [-0.2, -0.15) is 0 Å². The van der Waals surface area contributed by atoms with E-state index in [4.69, 9.17) is 14.6 Å². The zero-order valence-corrected chi connectivity index (χ0v) is 15.6. The summed E-state index contributed by atoms with van der Waals surface area (Å²) >= 11 is 1.44. The molecular weight excluding hydrogens is 324 g/mol. The summed E-state index contributed by atoms with van der Waals surface area (Å²) < 4.78 is 12.1. The lowest BCUT2D eigenvalue weighted by molar-refractivity contribution is -0.133. The summed E-state index contributed by atoms with van der Waals surface area (Å²) in [5.74, 6) is 1.31. The van der Waals surface area contributed by atoms with E-state index in [2.05, 4.69) is 19.1 Å². The van der Waals surface area contributed by atoms with E-state index in [1.165, 1.54) is 50.3 Å². The Morgan fingerprint density at radius 1 is 1.21 bits per heavy atom. The number of carboxylic acids is 1. The molecule has 0 aromatic carbocycles. The number of rotatable bonds is 13. The molecule has 24 heavy (non-hydrogen) atoms. The molecule has 2 rings (SSSR count). The Labute approximate surface area is 150 Å². The molecule has 2 aliphatic heterocycles. The highest BCUT2D eigenvalue weighted by Gasteiger charge is 2.48. The number of ether oxygens (including phenoxy) is 2. The largest absolute Gasteiger partial charge is 0.481 e.